The second kappa shape index (κ2) is 11.3. The van der Waals surface area contributed by atoms with Crippen molar-refractivity contribution >= 4 is 23.4 Å². The Labute approximate surface area is 177 Å². The third-order valence-corrected chi connectivity index (χ3v) is 4.34. The van der Waals surface area contributed by atoms with Crippen molar-refractivity contribution in [3.63, 3.8) is 0 Å². The highest BCUT2D eigenvalue weighted by Gasteiger charge is 2.16. The van der Waals surface area contributed by atoms with E-state index in [1.165, 1.54) is 42.5 Å². The largest absolute Gasteiger partial charge is 0.484 e. The van der Waals surface area contributed by atoms with Crippen molar-refractivity contribution in [1.29, 1.82) is 0 Å². The van der Waals surface area contributed by atoms with E-state index in [4.69, 9.17) is 16.3 Å². The molecule has 2 aromatic carbocycles. The van der Waals surface area contributed by atoms with E-state index in [0.717, 1.165) is 6.07 Å². The zero-order valence-corrected chi connectivity index (χ0v) is 16.7. The van der Waals surface area contributed by atoms with Crippen LogP contribution < -0.4 is 15.4 Å². The van der Waals surface area contributed by atoms with Crippen molar-refractivity contribution < 1.29 is 28.2 Å². The Morgan fingerprint density at radius 2 is 1.90 bits per heavy atom. The fraction of sp³-hybridized carbons (Fsp3) is 0.238. The number of benzene rings is 2. The number of carbonyl (C=O) groups is 2. The molecule has 2 amide bonds. The lowest BCUT2D eigenvalue weighted by atomic mass is 10.1. The quantitative estimate of drug-likeness (QED) is 0.498. The van der Waals surface area contributed by atoms with Gasteiger partial charge in [0.15, 0.2) is 6.61 Å². The average molecular weight is 439 g/mol. The van der Waals surface area contributed by atoms with Crippen LogP contribution in [0.3, 0.4) is 0 Å². The fourth-order valence-electron chi connectivity index (χ4n) is 2.44. The van der Waals surface area contributed by atoms with Crippen molar-refractivity contribution in [2.45, 2.75) is 18.6 Å². The molecule has 2 atom stereocenters. The van der Waals surface area contributed by atoms with Crippen LogP contribution in [0.4, 0.5) is 8.78 Å². The van der Waals surface area contributed by atoms with Crippen LogP contribution in [0.15, 0.2) is 55.1 Å². The molecule has 30 heavy (non-hydrogen) atoms. The minimum absolute atomic E-state index is 0.0572. The molecule has 2 aromatic rings. The smallest absolute Gasteiger partial charge is 0.258 e. The predicted octanol–water partition coefficient (Wildman–Crippen LogP) is 2.85. The Morgan fingerprint density at radius 3 is 2.53 bits per heavy atom. The molecule has 0 aliphatic carbocycles. The number of hydrogen-bond acceptors (Lipinski definition) is 4. The van der Waals surface area contributed by atoms with E-state index in [1.54, 1.807) is 0 Å². The summed E-state index contributed by atoms with van der Waals surface area (Å²) in [6.07, 6.45) is 0.573. The lowest BCUT2D eigenvalue weighted by Gasteiger charge is -2.19. The van der Waals surface area contributed by atoms with Crippen LogP contribution in [0.5, 0.6) is 5.75 Å². The first-order valence-electron chi connectivity index (χ1n) is 9.00. The maximum atomic E-state index is 13.3. The summed E-state index contributed by atoms with van der Waals surface area (Å²) in [5.41, 5.74) is 0.266. The van der Waals surface area contributed by atoms with Crippen LogP contribution >= 0.6 is 11.6 Å². The van der Waals surface area contributed by atoms with Crippen molar-refractivity contribution in [3.05, 3.63) is 77.3 Å². The third-order valence-electron chi connectivity index (χ3n) is 4.03. The van der Waals surface area contributed by atoms with E-state index in [2.05, 4.69) is 17.2 Å². The number of aliphatic hydroxyl groups is 1. The molecule has 0 saturated heterocycles. The number of nitrogens with one attached hydrogen (secondary N) is 2. The van der Waals surface area contributed by atoms with E-state index >= 15 is 0 Å². The summed E-state index contributed by atoms with van der Waals surface area (Å²) >= 11 is 5.57. The normalized spacial score (nSPS) is 12.5. The van der Waals surface area contributed by atoms with E-state index < -0.39 is 35.6 Å². The summed E-state index contributed by atoms with van der Waals surface area (Å²) < 4.78 is 31.4. The lowest BCUT2D eigenvalue weighted by Crippen LogP contribution is -2.40. The Bertz CT molecular complexity index is 893. The van der Waals surface area contributed by atoms with Gasteiger partial charge >= 0.3 is 0 Å². The van der Waals surface area contributed by atoms with Crippen molar-refractivity contribution in [2.75, 3.05) is 13.2 Å². The zero-order chi connectivity index (χ0) is 22.1. The highest BCUT2D eigenvalue weighted by atomic mass is 35.5. The van der Waals surface area contributed by atoms with Gasteiger partial charge in [-0.25, -0.2) is 8.78 Å². The summed E-state index contributed by atoms with van der Waals surface area (Å²) in [4.78, 5) is 24.0. The molecule has 6 nitrogen and oxygen atoms in total. The monoisotopic (exact) mass is 438 g/mol. The molecule has 0 bridgehead atoms. The third kappa shape index (κ3) is 7.46. The zero-order valence-electron chi connectivity index (χ0n) is 15.9. The average Bonchev–Trinajstić information content (AvgIpc) is 2.73. The van der Waals surface area contributed by atoms with Gasteiger partial charge in [0.05, 0.1) is 11.1 Å². The van der Waals surface area contributed by atoms with Gasteiger partial charge in [-0.15, -0.1) is 6.58 Å². The van der Waals surface area contributed by atoms with Crippen LogP contribution in [-0.4, -0.2) is 42.2 Å². The van der Waals surface area contributed by atoms with Gasteiger partial charge in [-0.1, -0.05) is 17.7 Å². The van der Waals surface area contributed by atoms with Gasteiger partial charge in [0.25, 0.3) is 11.8 Å². The summed E-state index contributed by atoms with van der Waals surface area (Å²) in [5.74, 6) is -1.94. The maximum absolute atomic E-state index is 13.3. The van der Waals surface area contributed by atoms with E-state index in [-0.39, 0.29) is 35.9 Å². The number of halogens is 3. The summed E-state index contributed by atoms with van der Waals surface area (Å²) in [5, 5.41) is 15.2. The SMILES string of the molecule is C=CC(CC(O)CNC(=O)COc1ccc(Cl)c(F)c1)NC(=O)c1ccc(F)cc1. The molecule has 9 heteroatoms. The molecule has 0 aliphatic heterocycles. The minimum atomic E-state index is -0.974. The highest BCUT2D eigenvalue weighted by Crippen LogP contribution is 2.20. The number of hydrogen-bond donors (Lipinski definition) is 3. The molecule has 0 fully saturated rings. The van der Waals surface area contributed by atoms with Crippen LogP contribution in [0.1, 0.15) is 16.8 Å². The Balaban J connectivity index is 1.74. The van der Waals surface area contributed by atoms with Crippen LogP contribution in [-0.2, 0) is 4.79 Å². The maximum Gasteiger partial charge on any atom is 0.258 e. The standard InChI is InChI=1S/C21H21ClF2N2O4/c1-2-15(26-21(29)13-3-5-14(23)6-4-13)9-16(27)11-25-20(28)12-30-17-7-8-18(22)19(24)10-17/h2-8,10,15-16,27H,1,9,11-12H2,(H,25,28)(H,26,29). The molecular formula is C21H21ClF2N2O4. The molecule has 0 spiro atoms. The number of aliphatic hydroxyl groups excluding tert-OH is 1. The van der Waals surface area contributed by atoms with Gasteiger partial charge < -0.3 is 20.5 Å². The Hall–Kier alpha value is -2.97. The number of ether oxygens (including phenoxy) is 1. The molecular weight excluding hydrogens is 418 g/mol. The molecule has 0 radical (unpaired) electrons. The predicted molar refractivity (Wildman–Crippen MR) is 108 cm³/mol. The summed E-state index contributed by atoms with van der Waals surface area (Å²) in [6, 6.07) is 8.24. The molecule has 0 heterocycles. The first-order valence-corrected chi connectivity index (χ1v) is 9.38. The number of carbonyl (C=O) groups excluding carboxylic acids is 2. The molecule has 160 valence electrons. The van der Waals surface area contributed by atoms with Gasteiger partial charge in [-0.05, 0) is 42.8 Å². The second-order valence-electron chi connectivity index (χ2n) is 6.38. The van der Waals surface area contributed by atoms with Crippen molar-refractivity contribution in [2.24, 2.45) is 0 Å². The van der Waals surface area contributed by atoms with Gasteiger partial charge in [0.1, 0.15) is 17.4 Å². The molecule has 0 aromatic heterocycles. The van der Waals surface area contributed by atoms with Crippen LogP contribution in [0.25, 0.3) is 0 Å². The van der Waals surface area contributed by atoms with Gasteiger partial charge in [0.2, 0.25) is 0 Å². The minimum Gasteiger partial charge on any atom is -0.484 e. The highest BCUT2D eigenvalue weighted by molar-refractivity contribution is 6.30. The molecule has 0 aliphatic rings. The van der Waals surface area contributed by atoms with Crippen molar-refractivity contribution in [1.82, 2.24) is 10.6 Å². The van der Waals surface area contributed by atoms with Gasteiger partial charge in [-0.2, -0.15) is 0 Å². The van der Waals surface area contributed by atoms with E-state index in [9.17, 15) is 23.5 Å². The Kier molecular flexibility index (Phi) is 8.76. The van der Waals surface area contributed by atoms with E-state index in [1.807, 2.05) is 0 Å². The molecule has 0 saturated carbocycles. The molecule has 3 N–H and O–H groups in total. The first kappa shape index (κ1) is 23.3. The van der Waals surface area contributed by atoms with Crippen LogP contribution in [0.2, 0.25) is 5.02 Å². The summed E-state index contributed by atoms with van der Waals surface area (Å²) in [7, 11) is 0. The summed E-state index contributed by atoms with van der Waals surface area (Å²) in [6.45, 7) is 3.15. The van der Waals surface area contributed by atoms with Crippen LogP contribution in [0, 0.1) is 11.6 Å². The fourth-order valence-corrected chi connectivity index (χ4v) is 2.56. The van der Waals surface area contributed by atoms with Gasteiger partial charge in [-0.3, -0.25) is 9.59 Å². The molecule has 2 unspecified atom stereocenters. The van der Waals surface area contributed by atoms with Crippen molar-refractivity contribution in [3.8, 4) is 5.75 Å². The first-order chi connectivity index (χ1) is 14.3. The number of amides is 2. The number of rotatable bonds is 10. The lowest BCUT2D eigenvalue weighted by molar-refractivity contribution is -0.123. The molecule has 2 rings (SSSR count). The van der Waals surface area contributed by atoms with E-state index in [0.29, 0.717) is 0 Å². The Morgan fingerprint density at radius 1 is 1.20 bits per heavy atom. The topological polar surface area (TPSA) is 87.7 Å². The van der Waals surface area contributed by atoms with Gasteiger partial charge in [0, 0.05) is 24.2 Å². The second-order valence-corrected chi connectivity index (χ2v) is 6.79.